The number of carbonyl (C=O) groups is 3. The fraction of sp³-hybridized carbons (Fsp3) is 0.500. The van der Waals surface area contributed by atoms with Gasteiger partial charge < -0.3 is 21.3 Å². The minimum Gasteiger partial charge on any atom is -0.481 e. The minimum absolute atomic E-state index is 0.187. The van der Waals surface area contributed by atoms with E-state index < -0.39 is 24.0 Å². The van der Waals surface area contributed by atoms with Crippen LogP contribution in [0.3, 0.4) is 0 Å². The number of urea groups is 1. The van der Waals surface area contributed by atoms with E-state index in [1.54, 1.807) is 0 Å². The van der Waals surface area contributed by atoms with E-state index in [1.165, 1.54) is 0 Å². The lowest BCUT2D eigenvalue weighted by molar-refractivity contribution is -0.140. The van der Waals surface area contributed by atoms with Crippen LogP contribution in [0.25, 0.3) is 0 Å². The number of carboxylic acid groups (broad SMARTS) is 2. The Morgan fingerprint density at radius 1 is 1.31 bits per heavy atom. The molecule has 0 bridgehead atoms. The Kier molecular flexibility index (Phi) is 4.28. The summed E-state index contributed by atoms with van der Waals surface area (Å²) in [4.78, 5) is 30.7. The van der Waals surface area contributed by atoms with Gasteiger partial charge in [0.05, 0.1) is 0 Å². The number of primary amides is 1. The van der Waals surface area contributed by atoms with Crippen molar-refractivity contribution in [2.45, 2.75) is 18.9 Å². The highest BCUT2D eigenvalue weighted by atomic mass is 16.5. The van der Waals surface area contributed by atoms with Gasteiger partial charge in [0, 0.05) is 6.42 Å². The first-order valence-corrected chi connectivity index (χ1v) is 3.44. The van der Waals surface area contributed by atoms with E-state index in [9.17, 15) is 14.4 Å². The second-order valence-corrected chi connectivity index (χ2v) is 2.33. The van der Waals surface area contributed by atoms with Crippen LogP contribution in [0.15, 0.2) is 0 Å². The van der Waals surface area contributed by atoms with Gasteiger partial charge in [-0.1, -0.05) is 0 Å². The summed E-state index contributed by atoms with van der Waals surface area (Å²) < 4.78 is 0. The third-order valence-corrected chi connectivity index (χ3v) is 1.26. The third kappa shape index (κ3) is 5.48. The van der Waals surface area contributed by atoms with Gasteiger partial charge in [-0.2, -0.15) is 0 Å². The van der Waals surface area contributed by atoms with E-state index in [1.807, 2.05) is 5.32 Å². The molecule has 0 aromatic carbocycles. The number of hydrogen-bond donors (Lipinski definition) is 4. The standard InChI is InChI=1S/C6H10N2O5/c7-6(13)8-3(5(11)12)1-2-4(9)10/h3H,1-2H2,(H,9,10)(H,11,12)(H3,7,8,13)/t3-/m0/s1/i1+1,2+1,3+1,4+1,5+1,8+1. The van der Waals surface area contributed by atoms with Gasteiger partial charge in [0.25, 0.3) is 0 Å². The molecule has 0 radical (unpaired) electrons. The topological polar surface area (TPSA) is 130 Å². The Morgan fingerprint density at radius 2 is 1.85 bits per heavy atom. The Labute approximate surface area is 73.5 Å². The summed E-state index contributed by atoms with van der Waals surface area (Å²) in [5.41, 5.74) is 4.68. The Balaban J connectivity index is 4.02. The maximum atomic E-state index is 10.4. The molecule has 0 unspecified atom stereocenters. The normalized spacial score (nSPS) is 11.7. The molecule has 0 rings (SSSR count). The molecule has 1 atom stereocenters. The van der Waals surface area contributed by atoms with Gasteiger partial charge in [0.1, 0.15) is 6.04 Å². The molecule has 0 aromatic heterocycles. The zero-order valence-electron chi connectivity index (χ0n) is 6.69. The molecule has 0 aliphatic heterocycles. The second kappa shape index (κ2) is 4.96. The molecule has 74 valence electrons. The number of rotatable bonds is 5. The van der Waals surface area contributed by atoms with Gasteiger partial charge in [-0.3, -0.25) is 4.79 Å². The van der Waals surface area contributed by atoms with Crippen LogP contribution in [-0.4, -0.2) is 34.2 Å². The summed E-state index contributed by atoms with van der Waals surface area (Å²) in [7, 11) is 0. The molecular weight excluding hydrogens is 186 g/mol. The molecule has 13 heavy (non-hydrogen) atoms. The van der Waals surface area contributed by atoms with Crippen LogP contribution in [-0.2, 0) is 9.59 Å². The molecule has 0 aromatic rings. The van der Waals surface area contributed by atoms with Crippen LogP contribution >= 0.6 is 0 Å². The lowest BCUT2D eigenvalue weighted by atomic mass is 11.1. The van der Waals surface area contributed by atoms with Gasteiger partial charge >= 0.3 is 18.0 Å². The molecular formula is C6H10N2O5. The lowest BCUT2D eigenvalue weighted by Crippen LogP contribution is -2.43. The predicted octanol–water partition coefficient (Wildman–Crippen LogP) is -1.03. The number of amides is 2. The van der Waals surface area contributed by atoms with Crippen LogP contribution < -0.4 is 11.1 Å². The Bertz CT molecular complexity index is 227. The Morgan fingerprint density at radius 3 is 2.15 bits per heavy atom. The van der Waals surface area contributed by atoms with Gasteiger partial charge in [-0.15, -0.1) is 0 Å². The number of carbonyl (C=O) groups excluding carboxylic acids is 1. The largest absolute Gasteiger partial charge is 0.481 e. The summed E-state index contributed by atoms with van der Waals surface area (Å²) >= 11 is 0. The molecule has 2 amide bonds. The fourth-order valence-electron chi connectivity index (χ4n) is 0.697. The van der Waals surface area contributed by atoms with Gasteiger partial charge in [-0.05, 0) is 6.42 Å². The van der Waals surface area contributed by atoms with Crippen molar-refractivity contribution in [3.05, 3.63) is 0 Å². The zero-order valence-corrected chi connectivity index (χ0v) is 6.69. The summed E-state index contributed by atoms with van der Waals surface area (Å²) in [6.07, 6.45) is -0.523. The fourth-order valence-corrected chi connectivity index (χ4v) is 0.697. The molecule has 0 aliphatic carbocycles. The van der Waals surface area contributed by atoms with Crippen molar-refractivity contribution >= 4 is 18.0 Å². The van der Waals surface area contributed by atoms with Crippen molar-refractivity contribution in [3.8, 4) is 0 Å². The number of carboxylic acids is 2. The van der Waals surface area contributed by atoms with Crippen molar-refractivity contribution in [2.75, 3.05) is 0 Å². The van der Waals surface area contributed by atoms with Crippen LogP contribution in [0.5, 0.6) is 0 Å². The van der Waals surface area contributed by atoms with E-state index in [0.717, 1.165) is 0 Å². The summed E-state index contributed by atoms with van der Waals surface area (Å²) in [6, 6.07) is -2.23. The monoisotopic (exact) mass is 196 g/mol. The smallest absolute Gasteiger partial charge is 0.326 e. The van der Waals surface area contributed by atoms with Gasteiger partial charge in [0.2, 0.25) is 0 Å². The average molecular weight is 196 g/mol. The number of nitrogens with two attached hydrogens (primary N) is 1. The molecule has 0 spiro atoms. The predicted molar refractivity (Wildman–Crippen MR) is 41.0 cm³/mol. The number of hydrogen-bond acceptors (Lipinski definition) is 3. The highest BCUT2D eigenvalue weighted by Gasteiger charge is 2.19. The van der Waals surface area contributed by atoms with Crippen LogP contribution in [0.4, 0.5) is 4.79 Å². The van der Waals surface area contributed by atoms with E-state index in [0.29, 0.717) is 0 Å². The molecule has 7 nitrogen and oxygen atoms in total. The van der Waals surface area contributed by atoms with E-state index >= 15 is 0 Å². The number of nitrogens with one attached hydrogen (secondary N) is 1. The summed E-state index contributed by atoms with van der Waals surface area (Å²) in [5.74, 6) is -2.43. The van der Waals surface area contributed by atoms with Crippen molar-refractivity contribution in [1.82, 2.24) is 5.32 Å². The molecule has 0 heterocycles. The maximum Gasteiger partial charge on any atom is 0.326 e. The molecule has 7 heteroatoms. The van der Waals surface area contributed by atoms with Crippen molar-refractivity contribution in [2.24, 2.45) is 5.73 Å². The summed E-state index contributed by atoms with van der Waals surface area (Å²) in [5, 5.41) is 18.6. The van der Waals surface area contributed by atoms with Gasteiger partial charge in [0.15, 0.2) is 0 Å². The highest BCUT2D eigenvalue weighted by Crippen LogP contribution is 1.97. The van der Waals surface area contributed by atoms with Crippen molar-refractivity contribution in [3.63, 3.8) is 0 Å². The van der Waals surface area contributed by atoms with Crippen LogP contribution in [0, 0.1) is 0 Å². The summed E-state index contributed by atoms with van der Waals surface area (Å²) in [6.45, 7) is 0. The van der Waals surface area contributed by atoms with Crippen molar-refractivity contribution < 1.29 is 24.6 Å². The third-order valence-electron chi connectivity index (χ3n) is 1.26. The van der Waals surface area contributed by atoms with E-state index in [2.05, 4.69) is 5.73 Å². The molecule has 0 aliphatic rings. The quantitative estimate of drug-likeness (QED) is 0.330. The zero-order chi connectivity index (χ0) is 10.4. The highest BCUT2D eigenvalue weighted by molar-refractivity contribution is 5.82. The van der Waals surface area contributed by atoms with E-state index in [-0.39, 0.29) is 12.8 Å². The first kappa shape index (κ1) is 11.2. The minimum atomic E-state index is -1.31. The first-order chi connectivity index (χ1) is 5.93. The lowest BCUT2D eigenvalue weighted by Gasteiger charge is -2.10. The molecule has 5 N–H and O–H groups in total. The molecule has 0 saturated heterocycles. The Hall–Kier alpha value is -1.79. The van der Waals surface area contributed by atoms with Crippen LogP contribution in [0.2, 0.25) is 0 Å². The average Bonchev–Trinajstić information content (AvgIpc) is 1.96. The van der Waals surface area contributed by atoms with E-state index in [4.69, 9.17) is 10.2 Å². The molecule has 0 saturated carbocycles. The second-order valence-electron chi connectivity index (χ2n) is 2.33. The first-order valence-electron chi connectivity index (χ1n) is 3.44. The maximum absolute atomic E-state index is 10.4. The number of aliphatic carboxylic acids is 2. The van der Waals surface area contributed by atoms with Gasteiger partial charge in [-0.25, -0.2) is 9.59 Å². The molecule has 0 fully saturated rings. The van der Waals surface area contributed by atoms with Crippen molar-refractivity contribution in [1.29, 1.82) is 0 Å². The van der Waals surface area contributed by atoms with Crippen LogP contribution in [0.1, 0.15) is 12.8 Å². The SMILES string of the molecule is NC(=O)[15NH][13C@@H]([13CH2][13CH2][13C](=O)O)[13C](=O)O.